The van der Waals surface area contributed by atoms with E-state index in [1.165, 1.54) is 28.7 Å². The normalized spacial score (nSPS) is 14.8. The van der Waals surface area contributed by atoms with Gasteiger partial charge >= 0.3 is 5.56 Å². The van der Waals surface area contributed by atoms with Crippen molar-refractivity contribution >= 4 is 26.5 Å². The number of hydrogen-bond donors (Lipinski definition) is 0. The van der Waals surface area contributed by atoms with Gasteiger partial charge in [0.1, 0.15) is 18.1 Å². The number of aromatic nitrogens is 2. The summed E-state index contributed by atoms with van der Waals surface area (Å²) in [5.74, 6) is -0.404. The lowest BCUT2D eigenvalue weighted by Crippen LogP contribution is -2.50. The minimum Gasteiger partial charge on any atom is -0.481 e. The Hall–Kier alpha value is -3.76. The summed E-state index contributed by atoms with van der Waals surface area (Å²) in [6, 6.07) is 19.6. The number of halogens is 1. The number of nitrogens with zero attached hydrogens (tertiary/aromatic N) is 4. The highest BCUT2D eigenvalue weighted by Crippen LogP contribution is 2.28. The zero-order chi connectivity index (χ0) is 26.9. The lowest BCUT2D eigenvalue weighted by Gasteiger charge is -2.36. The van der Waals surface area contributed by atoms with Gasteiger partial charge in [-0.05, 0) is 54.4 Å². The number of ether oxygens (including phenoxy) is 1. The van der Waals surface area contributed by atoms with E-state index >= 15 is 0 Å². The third-order valence-corrected chi connectivity index (χ3v) is 8.98. The van der Waals surface area contributed by atoms with Gasteiger partial charge in [0.15, 0.2) is 0 Å². The van der Waals surface area contributed by atoms with Crippen molar-refractivity contribution in [3.8, 4) is 11.4 Å². The van der Waals surface area contributed by atoms with Gasteiger partial charge in [-0.2, -0.15) is 14.1 Å². The van der Waals surface area contributed by atoms with Gasteiger partial charge in [-0.1, -0.05) is 42.5 Å². The minimum atomic E-state index is -3.38. The number of fused-ring (bicyclic) bond motifs is 1. The van der Waals surface area contributed by atoms with Gasteiger partial charge in [0.25, 0.3) is 0 Å². The molecule has 0 aliphatic carbocycles. The predicted octanol–water partition coefficient (Wildman–Crippen LogP) is 3.96. The monoisotopic (exact) mass is 536 g/mol. The molecule has 2 heterocycles. The predicted molar refractivity (Wildman–Crippen MR) is 146 cm³/mol. The zero-order valence-electron chi connectivity index (χ0n) is 21.2. The molecular formula is C28H29FN4O4S. The van der Waals surface area contributed by atoms with Crippen LogP contribution in [0.3, 0.4) is 0 Å². The van der Waals surface area contributed by atoms with Crippen LogP contribution in [0.1, 0.15) is 19.4 Å². The molecule has 0 saturated carbocycles. The van der Waals surface area contributed by atoms with E-state index in [1.54, 1.807) is 19.9 Å². The number of sulfonamides is 1. The Morgan fingerprint density at radius 1 is 0.947 bits per heavy atom. The van der Waals surface area contributed by atoms with Crippen LogP contribution in [0, 0.1) is 5.82 Å². The molecule has 1 aliphatic heterocycles. The number of rotatable bonds is 7. The van der Waals surface area contributed by atoms with Gasteiger partial charge in [0.2, 0.25) is 15.8 Å². The molecule has 0 spiro atoms. The molecule has 1 fully saturated rings. The zero-order valence-corrected chi connectivity index (χ0v) is 22.1. The first-order valence-corrected chi connectivity index (χ1v) is 14.0. The lowest BCUT2D eigenvalue weighted by atomic mass is 10.1. The van der Waals surface area contributed by atoms with Crippen molar-refractivity contribution in [3.63, 3.8) is 0 Å². The number of benzene rings is 3. The third kappa shape index (κ3) is 5.14. The quantitative estimate of drug-likeness (QED) is 0.356. The summed E-state index contributed by atoms with van der Waals surface area (Å²) in [4.78, 5) is 15.5. The smallest absolute Gasteiger partial charge is 0.316 e. The lowest BCUT2D eigenvalue weighted by molar-refractivity contribution is 0.298. The average molecular weight is 537 g/mol. The Labute approximate surface area is 220 Å². The van der Waals surface area contributed by atoms with Crippen molar-refractivity contribution in [2.45, 2.75) is 25.7 Å². The minimum absolute atomic E-state index is 0.0811. The second-order valence-corrected chi connectivity index (χ2v) is 12.0. The fourth-order valence-corrected chi connectivity index (χ4v) is 5.82. The van der Waals surface area contributed by atoms with Crippen LogP contribution in [-0.4, -0.2) is 53.9 Å². The van der Waals surface area contributed by atoms with Crippen LogP contribution in [-0.2, 0) is 16.6 Å². The molecule has 0 N–H and O–H groups in total. The Morgan fingerprint density at radius 2 is 1.68 bits per heavy atom. The molecule has 0 radical (unpaired) electrons. The number of piperazine rings is 1. The van der Waals surface area contributed by atoms with Crippen molar-refractivity contribution < 1.29 is 17.5 Å². The first-order chi connectivity index (χ1) is 18.2. The summed E-state index contributed by atoms with van der Waals surface area (Å²) in [6.45, 7) is 4.80. The van der Waals surface area contributed by atoms with E-state index in [9.17, 15) is 17.6 Å². The molecule has 38 heavy (non-hydrogen) atoms. The van der Waals surface area contributed by atoms with Gasteiger partial charge in [-0.25, -0.2) is 12.8 Å². The van der Waals surface area contributed by atoms with E-state index in [1.807, 2.05) is 47.4 Å². The van der Waals surface area contributed by atoms with Crippen molar-refractivity contribution in [1.29, 1.82) is 0 Å². The van der Waals surface area contributed by atoms with E-state index in [-0.39, 0.29) is 31.1 Å². The summed E-state index contributed by atoms with van der Waals surface area (Å²) in [7, 11) is -3.38. The highest BCUT2D eigenvalue weighted by atomic mass is 32.2. The standard InChI is InChI=1S/C28H29FN4O4S/c1-20(2)38(35,36)32-14-12-31(13-15-32)26-18-30-33(25-9-5-8-24(29)17-25)28(34)27(26)37-19-21-10-11-22-6-3-4-7-23(22)16-21/h3-11,16-18,20H,12-15,19H2,1-2H3. The maximum atomic E-state index is 13.9. The molecule has 0 atom stereocenters. The highest BCUT2D eigenvalue weighted by molar-refractivity contribution is 7.89. The first kappa shape index (κ1) is 25.9. The number of hydrogen-bond acceptors (Lipinski definition) is 6. The molecule has 10 heteroatoms. The Kier molecular flexibility index (Phi) is 7.18. The maximum Gasteiger partial charge on any atom is 0.316 e. The highest BCUT2D eigenvalue weighted by Gasteiger charge is 2.31. The summed E-state index contributed by atoms with van der Waals surface area (Å²) < 4.78 is 47.9. The average Bonchev–Trinajstić information content (AvgIpc) is 2.92. The molecule has 1 aliphatic rings. The summed E-state index contributed by atoms with van der Waals surface area (Å²) in [5.41, 5.74) is 1.12. The van der Waals surface area contributed by atoms with Crippen LogP contribution in [0.5, 0.6) is 5.75 Å². The second-order valence-electron chi connectivity index (χ2n) is 9.51. The largest absolute Gasteiger partial charge is 0.481 e. The Balaban J connectivity index is 1.47. The van der Waals surface area contributed by atoms with Crippen LogP contribution < -0.4 is 15.2 Å². The van der Waals surface area contributed by atoms with Crippen molar-refractivity contribution in [1.82, 2.24) is 14.1 Å². The first-order valence-electron chi connectivity index (χ1n) is 12.5. The van der Waals surface area contributed by atoms with Crippen molar-refractivity contribution in [2.75, 3.05) is 31.1 Å². The van der Waals surface area contributed by atoms with Crippen molar-refractivity contribution in [3.05, 3.63) is 94.7 Å². The van der Waals surface area contributed by atoms with Crippen LogP contribution in [0.25, 0.3) is 16.5 Å². The van der Waals surface area contributed by atoms with Crippen LogP contribution in [0.4, 0.5) is 10.1 Å². The molecule has 8 nitrogen and oxygen atoms in total. The van der Waals surface area contributed by atoms with Gasteiger partial charge in [0.05, 0.1) is 17.1 Å². The van der Waals surface area contributed by atoms with E-state index in [4.69, 9.17) is 4.74 Å². The van der Waals surface area contributed by atoms with E-state index in [0.717, 1.165) is 21.0 Å². The maximum absolute atomic E-state index is 13.9. The fraction of sp³-hybridized carbons (Fsp3) is 0.286. The second kappa shape index (κ2) is 10.5. The molecule has 0 unspecified atom stereocenters. The topological polar surface area (TPSA) is 84.7 Å². The summed E-state index contributed by atoms with van der Waals surface area (Å²) in [5, 5.41) is 5.95. The molecule has 5 rings (SSSR count). The van der Waals surface area contributed by atoms with Crippen LogP contribution >= 0.6 is 0 Å². The molecule has 3 aromatic carbocycles. The summed E-state index contributed by atoms with van der Waals surface area (Å²) in [6.07, 6.45) is 1.52. The Morgan fingerprint density at radius 3 is 2.39 bits per heavy atom. The van der Waals surface area contributed by atoms with E-state index < -0.39 is 26.6 Å². The molecule has 198 valence electrons. The molecular weight excluding hydrogens is 507 g/mol. The van der Waals surface area contributed by atoms with Crippen LogP contribution in [0.15, 0.2) is 77.7 Å². The molecule has 1 aromatic heterocycles. The van der Waals surface area contributed by atoms with E-state index in [0.29, 0.717) is 18.8 Å². The SMILES string of the molecule is CC(C)S(=O)(=O)N1CCN(c2cnn(-c3cccc(F)c3)c(=O)c2OCc2ccc3ccccc3c2)CC1. The summed E-state index contributed by atoms with van der Waals surface area (Å²) >= 11 is 0. The van der Waals surface area contributed by atoms with Gasteiger partial charge < -0.3 is 9.64 Å². The Bertz CT molecular complexity index is 1630. The van der Waals surface area contributed by atoms with Crippen LogP contribution in [0.2, 0.25) is 0 Å². The molecule has 1 saturated heterocycles. The third-order valence-electron chi connectivity index (χ3n) is 6.70. The molecule has 0 bridgehead atoms. The van der Waals surface area contributed by atoms with Gasteiger partial charge in [0, 0.05) is 26.2 Å². The molecule has 0 amide bonds. The van der Waals surface area contributed by atoms with Crippen molar-refractivity contribution in [2.24, 2.45) is 0 Å². The fourth-order valence-electron chi connectivity index (χ4n) is 4.55. The van der Waals surface area contributed by atoms with Gasteiger partial charge in [-0.15, -0.1) is 0 Å². The number of anilines is 1. The molecule has 4 aromatic rings. The van der Waals surface area contributed by atoms with E-state index in [2.05, 4.69) is 5.10 Å². The van der Waals surface area contributed by atoms with Gasteiger partial charge in [-0.3, -0.25) is 4.79 Å².